The Morgan fingerprint density at radius 2 is 1.90 bits per heavy atom. The van der Waals surface area contributed by atoms with Crippen molar-refractivity contribution in [3.63, 3.8) is 0 Å². The zero-order chi connectivity index (χ0) is 21.8. The molecule has 1 fully saturated rings. The number of aryl methyl sites for hydroxylation is 2. The van der Waals surface area contributed by atoms with Crippen molar-refractivity contribution in [1.82, 2.24) is 15.1 Å². The van der Waals surface area contributed by atoms with Gasteiger partial charge in [0.15, 0.2) is 0 Å². The first-order valence-corrected chi connectivity index (χ1v) is 9.84. The second-order valence-electron chi connectivity index (χ2n) is 7.44. The van der Waals surface area contributed by atoms with Crippen LogP contribution in [0.25, 0.3) is 0 Å². The van der Waals surface area contributed by atoms with Gasteiger partial charge < -0.3 is 15.5 Å². The van der Waals surface area contributed by atoms with Crippen LogP contribution in [0.3, 0.4) is 0 Å². The van der Waals surface area contributed by atoms with E-state index >= 15 is 0 Å². The number of carbonyl (C=O) groups is 2. The molecule has 2 N–H and O–H groups in total. The molecule has 0 unspecified atom stereocenters. The van der Waals surface area contributed by atoms with Gasteiger partial charge in [0.05, 0.1) is 28.5 Å². The third-order valence-corrected chi connectivity index (χ3v) is 5.48. The molecule has 10 nitrogen and oxygen atoms in total. The molecule has 1 aliphatic rings. The average Bonchev–Trinajstić information content (AvgIpc) is 2.98. The van der Waals surface area contributed by atoms with Crippen LogP contribution in [0.5, 0.6) is 0 Å². The Balaban J connectivity index is 1.50. The number of benzene rings is 1. The highest BCUT2D eigenvalue weighted by molar-refractivity contribution is 5.95. The Kier molecular flexibility index (Phi) is 6.34. The van der Waals surface area contributed by atoms with Gasteiger partial charge in [0.25, 0.3) is 5.69 Å². The molecule has 0 atom stereocenters. The zero-order valence-electron chi connectivity index (χ0n) is 17.3. The summed E-state index contributed by atoms with van der Waals surface area (Å²) >= 11 is 0. The van der Waals surface area contributed by atoms with Crippen LogP contribution in [-0.2, 0) is 16.6 Å². The van der Waals surface area contributed by atoms with Crippen molar-refractivity contribution in [2.45, 2.75) is 26.7 Å². The fourth-order valence-electron chi connectivity index (χ4n) is 3.72. The molecule has 3 rings (SSSR count). The molecule has 0 spiro atoms. The van der Waals surface area contributed by atoms with Crippen molar-refractivity contribution >= 4 is 28.9 Å². The van der Waals surface area contributed by atoms with Crippen LogP contribution < -0.4 is 15.5 Å². The van der Waals surface area contributed by atoms with E-state index in [0.29, 0.717) is 37.3 Å². The van der Waals surface area contributed by atoms with E-state index < -0.39 is 4.92 Å². The van der Waals surface area contributed by atoms with Crippen LogP contribution in [0.2, 0.25) is 0 Å². The number of amides is 2. The van der Waals surface area contributed by atoms with Crippen LogP contribution in [0.1, 0.15) is 24.2 Å². The Morgan fingerprint density at radius 1 is 1.23 bits per heavy atom. The molecular formula is C20H26N6O4. The molecule has 0 saturated carbocycles. The molecule has 0 bridgehead atoms. The Hall–Kier alpha value is -3.43. The Morgan fingerprint density at radius 3 is 2.50 bits per heavy atom. The summed E-state index contributed by atoms with van der Waals surface area (Å²) in [6, 6.07) is 6.62. The number of aromatic nitrogens is 2. The smallest absolute Gasteiger partial charge is 0.292 e. The highest BCUT2D eigenvalue weighted by Gasteiger charge is 2.28. The fraction of sp³-hybridized carbons (Fsp3) is 0.450. The van der Waals surface area contributed by atoms with Crippen LogP contribution in [-0.4, -0.2) is 46.2 Å². The van der Waals surface area contributed by atoms with Crippen molar-refractivity contribution in [3.05, 3.63) is 45.8 Å². The fourth-order valence-corrected chi connectivity index (χ4v) is 3.72. The number of para-hydroxylation sites is 2. The second kappa shape index (κ2) is 8.93. The van der Waals surface area contributed by atoms with Crippen LogP contribution in [0.15, 0.2) is 24.3 Å². The minimum atomic E-state index is -0.390. The summed E-state index contributed by atoms with van der Waals surface area (Å²) in [7, 11) is 1.80. The van der Waals surface area contributed by atoms with E-state index in [1.54, 1.807) is 29.9 Å². The lowest BCUT2D eigenvalue weighted by Gasteiger charge is -2.32. The van der Waals surface area contributed by atoms with E-state index in [9.17, 15) is 19.7 Å². The number of carbonyl (C=O) groups excluding carboxylic acids is 2. The molecule has 0 radical (unpaired) electrons. The van der Waals surface area contributed by atoms with Gasteiger partial charge in [-0.25, -0.2) is 0 Å². The normalized spacial score (nSPS) is 14.4. The van der Waals surface area contributed by atoms with Crippen molar-refractivity contribution < 1.29 is 14.5 Å². The highest BCUT2D eigenvalue weighted by Crippen LogP contribution is 2.31. The predicted molar refractivity (Wildman–Crippen MR) is 112 cm³/mol. The van der Waals surface area contributed by atoms with Gasteiger partial charge in [-0.15, -0.1) is 0 Å². The van der Waals surface area contributed by atoms with Gasteiger partial charge in [-0.1, -0.05) is 12.1 Å². The lowest BCUT2D eigenvalue weighted by Crippen LogP contribution is -2.42. The SMILES string of the molecule is Cc1nn(C)c(C)c1NC(=O)CNC(=O)C1CCN(c2ccccc2[N+](=O)[O-])CC1. The lowest BCUT2D eigenvalue weighted by molar-refractivity contribution is -0.384. The number of anilines is 2. The number of nitrogens with one attached hydrogen (secondary N) is 2. The number of nitrogens with zero attached hydrogens (tertiary/aromatic N) is 4. The maximum Gasteiger partial charge on any atom is 0.292 e. The van der Waals surface area contributed by atoms with Crippen molar-refractivity contribution in [2.75, 3.05) is 29.9 Å². The summed E-state index contributed by atoms with van der Waals surface area (Å²) in [6.07, 6.45) is 1.14. The molecule has 1 aromatic carbocycles. The third-order valence-electron chi connectivity index (χ3n) is 5.48. The van der Waals surface area contributed by atoms with Gasteiger partial charge in [0, 0.05) is 32.1 Å². The molecule has 160 valence electrons. The summed E-state index contributed by atoms with van der Waals surface area (Å²) in [5.74, 6) is -0.703. The maximum atomic E-state index is 12.5. The van der Waals surface area contributed by atoms with Gasteiger partial charge in [-0.2, -0.15) is 5.10 Å². The number of hydrogen-bond donors (Lipinski definition) is 2. The minimum Gasteiger partial charge on any atom is -0.366 e. The van der Waals surface area contributed by atoms with E-state index in [4.69, 9.17) is 0 Å². The van der Waals surface area contributed by atoms with Gasteiger partial charge in [-0.3, -0.25) is 24.4 Å². The standard InChI is InChI=1S/C20H26N6O4/c1-13-19(14(2)24(3)23-13)22-18(27)12-21-20(28)15-8-10-25(11-9-15)16-6-4-5-7-17(16)26(29)30/h4-7,15H,8-12H2,1-3H3,(H,21,28)(H,22,27). The molecule has 30 heavy (non-hydrogen) atoms. The number of rotatable bonds is 6. The molecule has 1 saturated heterocycles. The summed E-state index contributed by atoms with van der Waals surface area (Å²) in [5, 5.41) is 21.0. The van der Waals surface area contributed by atoms with Crippen molar-refractivity contribution in [2.24, 2.45) is 13.0 Å². The van der Waals surface area contributed by atoms with Crippen LogP contribution in [0, 0.1) is 29.9 Å². The van der Waals surface area contributed by atoms with Crippen LogP contribution >= 0.6 is 0 Å². The average molecular weight is 414 g/mol. The first kappa shape index (κ1) is 21.3. The van der Waals surface area contributed by atoms with E-state index in [1.165, 1.54) is 6.07 Å². The third kappa shape index (κ3) is 4.58. The largest absolute Gasteiger partial charge is 0.366 e. The molecule has 2 aromatic rings. The van der Waals surface area contributed by atoms with E-state index in [1.807, 2.05) is 18.7 Å². The number of hydrogen-bond acceptors (Lipinski definition) is 6. The molecular weight excluding hydrogens is 388 g/mol. The summed E-state index contributed by atoms with van der Waals surface area (Å²) < 4.78 is 1.69. The quantitative estimate of drug-likeness (QED) is 0.550. The second-order valence-corrected chi connectivity index (χ2v) is 7.44. The first-order chi connectivity index (χ1) is 14.3. The topological polar surface area (TPSA) is 122 Å². The summed E-state index contributed by atoms with van der Waals surface area (Å²) in [4.78, 5) is 37.5. The number of piperidine rings is 1. The molecule has 1 aliphatic heterocycles. The number of nitro groups is 1. The summed E-state index contributed by atoms with van der Waals surface area (Å²) in [5.41, 5.74) is 2.86. The Bertz CT molecular complexity index is 962. The monoisotopic (exact) mass is 414 g/mol. The van der Waals surface area contributed by atoms with E-state index in [0.717, 1.165) is 11.4 Å². The molecule has 10 heteroatoms. The highest BCUT2D eigenvalue weighted by atomic mass is 16.6. The number of nitro benzene ring substituents is 1. The van der Waals surface area contributed by atoms with E-state index in [2.05, 4.69) is 15.7 Å². The lowest BCUT2D eigenvalue weighted by atomic mass is 9.95. The molecule has 2 heterocycles. The molecule has 1 aromatic heterocycles. The van der Waals surface area contributed by atoms with Gasteiger partial charge in [0.1, 0.15) is 5.69 Å². The van der Waals surface area contributed by atoms with Crippen LogP contribution in [0.4, 0.5) is 17.1 Å². The first-order valence-electron chi connectivity index (χ1n) is 9.84. The minimum absolute atomic E-state index is 0.0676. The van der Waals surface area contributed by atoms with Gasteiger partial charge in [0.2, 0.25) is 11.8 Å². The molecule has 0 aliphatic carbocycles. The Labute approximate surface area is 174 Å². The van der Waals surface area contributed by atoms with Crippen molar-refractivity contribution in [1.29, 1.82) is 0 Å². The molecule has 2 amide bonds. The van der Waals surface area contributed by atoms with Gasteiger partial charge >= 0.3 is 0 Å². The van der Waals surface area contributed by atoms with E-state index in [-0.39, 0.29) is 30.0 Å². The predicted octanol–water partition coefficient (Wildman–Crippen LogP) is 1.92. The zero-order valence-corrected chi connectivity index (χ0v) is 17.3. The van der Waals surface area contributed by atoms with Crippen molar-refractivity contribution in [3.8, 4) is 0 Å². The van der Waals surface area contributed by atoms with Gasteiger partial charge in [-0.05, 0) is 32.8 Å². The summed E-state index contributed by atoms with van der Waals surface area (Å²) in [6.45, 7) is 4.65. The maximum absolute atomic E-state index is 12.5.